The molecule has 2 unspecified atom stereocenters. The Morgan fingerprint density at radius 3 is 1.57 bits per heavy atom. The molecule has 14 heavy (non-hydrogen) atoms. The maximum absolute atomic E-state index is 5.45. The van der Waals surface area contributed by atoms with E-state index in [4.69, 9.17) is 9.47 Å². The SMILES string of the molecule is C1=COC([Se][Se]C2C=CC=CO2)C=C1. The van der Waals surface area contributed by atoms with Crippen LogP contribution in [0.3, 0.4) is 0 Å². The Balaban J connectivity index is 1.72. The van der Waals surface area contributed by atoms with Crippen molar-refractivity contribution in [3.8, 4) is 0 Å². The molecule has 2 heterocycles. The van der Waals surface area contributed by atoms with Crippen LogP contribution in [-0.4, -0.2) is 36.3 Å². The molecule has 0 radical (unpaired) electrons. The van der Waals surface area contributed by atoms with Gasteiger partial charge in [0.05, 0.1) is 0 Å². The van der Waals surface area contributed by atoms with Gasteiger partial charge in [0.25, 0.3) is 0 Å². The first-order chi connectivity index (χ1) is 6.95. The summed E-state index contributed by atoms with van der Waals surface area (Å²) >= 11 is 0.989. The summed E-state index contributed by atoms with van der Waals surface area (Å²) in [4.78, 5) is 0. The van der Waals surface area contributed by atoms with Crippen molar-refractivity contribution in [3.63, 3.8) is 0 Å². The molecule has 0 saturated heterocycles. The summed E-state index contributed by atoms with van der Waals surface area (Å²) in [6, 6.07) is 0. The molecule has 0 aromatic carbocycles. The standard InChI is InChI=1S/C10H10O2Se2/c1-3-7-11-9(5-1)13-14-10-6-2-4-8-12-10/h1-10H. The third-order valence-electron chi connectivity index (χ3n) is 1.59. The molecule has 0 aromatic heterocycles. The zero-order valence-electron chi connectivity index (χ0n) is 7.41. The second-order valence-corrected chi connectivity index (χ2v) is 9.58. The average molecular weight is 320 g/mol. The molecule has 74 valence electrons. The second kappa shape index (κ2) is 5.47. The van der Waals surface area contributed by atoms with E-state index in [1.165, 1.54) is 0 Å². The van der Waals surface area contributed by atoms with Crippen LogP contribution in [-0.2, 0) is 9.47 Å². The summed E-state index contributed by atoms with van der Waals surface area (Å²) in [5, 5.41) is 0.603. The molecule has 0 saturated carbocycles. The van der Waals surface area contributed by atoms with Gasteiger partial charge in [-0.05, 0) is 0 Å². The first-order valence-electron chi connectivity index (χ1n) is 4.25. The van der Waals surface area contributed by atoms with Gasteiger partial charge in [-0.2, -0.15) is 0 Å². The van der Waals surface area contributed by atoms with E-state index in [-0.39, 0.29) is 0 Å². The van der Waals surface area contributed by atoms with Gasteiger partial charge in [0.2, 0.25) is 0 Å². The fourth-order valence-electron chi connectivity index (χ4n) is 0.956. The first kappa shape index (κ1) is 10.1. The van der Waals surface area contributed by atoms with Crippen LogP contribution < -0.4 is 0 Å². The van der Waals surface area contributed by atoms with E-state index < -0.39 is 0 Å². The van der Waals surface area contributed by atoms with Crippen LogP contribution in [0.25, 0.3) is 0 Å². The molecule has 0 amide bonds. The zero-order chi connectivity index (χ0) is 9.64. The van der Waals surface area contributed by atoms with E-state index in [0.717, 1.165) is 0 Å². The summed E-state index contributed by atoms with van der Waals surface area (Å²) in [6.07, 6.45) is 15.7. The van der Waals surface area contributed by atoms with Crippen LogP contribution in [0.15, 0.2) is 49.0 Å². The van der Waals surface area contributed by atoms with Gasteiger partial charge in [-0.1, -0.05) is 0 Å². The topological polar surface area (TPSA) is 18.5 Å². The third kappa shape index (κ3) is 3.07. The molecule has 0 spiro atoms. The van der Waals surface area contributed by atoms with Gasteiger partial charge in [0.1, 0.15) is 0 Å². The summed E-state index contributed by atoms with van der Waals surface area (Å²) in [7, 11) is 0. The molecule has 2 aliphatic heterocycles. The number of rotatable bonds is 3. The number of hydrogen-bond donors (Lipinski definition) is 0. The van der Waals surface area contributed by atoms with Crippen molar-refractivity contribution in [1.29, 1.82) is 0 Å². The van der Waals surface area contributed by atoms with Gasteiger partial charge in [-0.15, -0.1) is 0 Å². The normalized spacial score (nSPS) is 28.6. The van der Waals surface area contributed by atoms with Crippen LogP contribution in [0.5, 0.6) is 0 Å². The summed E-state index contributed by atoms with van der Waals surface area (Å²) in [5.41, 5.74) is 0. The van der Waals surface area contributed by atoms with Gasteiger partial charge < -0.3 is 0 Å². The Kier molecular flexibility index (Phi) is 3.96. The van der Waals surface area contributed by atoms with Gasteiger partial charge in [0.15, 0.2) is 0 Å². The molecule has 2 rings (SSSR count). The van der Waals surface area contributed by atoms with Crippen molar-refractivity contribution in [2.75, 3.05) is 0 Å². The Bertz CT molecular complexity index is 264. The molecular formula is C10H10O2Se2. The minimum atomic E-state index is 0.301. The maximum atomic E-state index is 5.45. The average Bonchev–Trinajstić information content (AvgIpc) is 2.29. The zero-order valence-corrected chi connectivity index (χ0v) is 10.8. The molecule has 0 N–H and O–H groups in total. The summed E-state index contributed by atoms with van der Waals surface area (Å²) < 4.78 is 10.9. The second-order valence-electron chi connectivity index (χ2n) is 2.63. The Morgan fingerprint density at radius 1 is 0.714 bits per heavy atom. The van der Waals surface area contributed by atoms with Crippen molar-refractivity contribution in [1.82, 2.24) is 0 Å². The van der Waals surface area contributed by atoms with Crippen LogP contribution in [0, 0.1) is 0 Å². The predicted octanol–water partition coefficient (Wildman–Crippen LogP) is 1.16. The molecular weight excluding hydrogens is 310 g/mol. The van der Waals surface area contributed by atoms with Gasteiger partial charge in [-0.25, -0.2) is 0 Å². The predicted molar refractivity (Wildman–Crippen MR) is 57.8 cm³/mol. The van der Waals surface area contributed by atoms with Crippen LogP contribution >= 0.6 is 0 Å². The Hall–Kier alpha value is -0.401. The van der Waals surface area contributed by atoms with E-state index in [2.05, 4.69) is 12.2 Å². The molecule has 0 bridgehead atoms. The molecule has 2 aliphatic rings. The minimum absolute atomic E-state index is 0.301. The van der Waals surface area contributed by atoms with E-state index >= 15 is 0 Å². The van der Waals surface area contributed by atoms with Gasteiger partial charge in [-0.3, -0.25) is 0 Å². The van der Waals surface area contributed by atoms with E-state index in [1.54, 1.807) is 12.5 Å². The van der Waals surface area contributed by atoms with Crippen molar-refractivity contribution >= 4 is 26.3 Å². The Labute approximate surface area is 94.6 Å². The Morgan fingerprint density at radius 2 is 1.21 bits per heavy atom. The summed E-state index contributed by atoms with van der Waals surface area (Å²) in [6.45, 7) is 0. The fourth-order valence-corrected chi connectivity index (χ4v) is 7.30. The summed E-state index contributed by atoms with van der Waals surface area (Å²) in [5.74, 6) is 0. The van der Waals surface area contributed by atoms with Crippen molar-refractivity contribution in [2.24, 2.45) is 0 Å². The van der Waals surface area contributed by atoms with Crippen LogP contribution in [0.2, 0.25) is 0 Å². The fraction of sp³-hybridized carbons (Fsp3) is 0.200. The quantitative estimate of drug-likeness (QED) is 0.727. The van der Waals surface area contributed by atoms with E-state index in [0.29, 0.717) is 36.3 Å². The monoisotopic (exact) mass is 322 g/mol. The van der Waals surface area contributed by atoms with Crippen molar-refractivity contribution in [2.45, 2.75) is 10.0 Å². The van der Waals surface area contributed by atoms with Gasteiger partial charge in [0, 0.05) is 0 Å². The number of hydrogen-bond acceptors (Lipinski definition) is 2. The van der Waals surface area contributed by atoms with Crippen molar-refractivity contribution in [3.05, 3.63) is 49.0 Å². The molecule has 0 fully saturated rings. The van der Waals surface area contributed by atoms with Gasteiger partial charge >= 0.3 is 94.7 Å². The molecule has 0 aromatic rings. The van der Waals surface area contributed by atoms with Crippen molar-refractivity contribution < 1.29 is 9.47 Å². The number of allylic oxidation sites excluding steroid dienone is 4. The van der Waals surface area contributed by atoms with Crippen LogP contribution in [0.1, 0.15) is 0 Å². The molecule has 2 atom stereocenters. The van der Waals surface area contributed by atoms with Crippen LogP contribution in [0.4, 0.5) is 0 Å². The molecule has 2 nitrogen and oxygen atoms in total. The van der Waals surface area contributed by atoms with E-state index in [1.807, 2.05) is 24.3 Å². The molecule has 4 heteroatoms. The number of ether oxygens (including phenoxy) is 2. The third-order valence-corrected chi connectivity index (χ3v) is 9.09. The molecule has 0 aliphatic carbocycles. The van der Waals surface area contributed by atoms with E-state index in [9.17, 15) is 0 Å². The first-order valence-corrected chi connectivity index (χ1v) is 10.6.